The number of nitrogens with zero attached hydrogens (tertiary/aromatic N) is 1. The number of amides is 1. The zero-order chi connectivity index (χ0) is 18.8. The van der Waals surface area contributed by atoms with Gasteiger partial charge in [-0.25, -0.2) is 0 Å². The molecule has 1 fully saturated rings. The molecule has 3 heterocycles. The van der Waals surface area contributed by atoms with Crippen molar-refractivity contribution in [1.82, 2.24) is 9.88 Å². The van der Waals surface area contributed by atoms with Crippen LogP contribution in [0.1, 0.15) is 28.9 Å². The molecule has 1 N–H and O–H groups in total. The number of hydrogen-bond acceptors (Lipinski definition) is 4. The van der Waals surface area contributed by atoms with E-state index >= 15 is 0 Å². The first-order valence-electron chi connectivity index (χ1n) is 8.95. The third-order valence-corrected chi connectivity index (χ3v) is 6.67. The van der Waals surface area contributed by atoms with Crippen molar-refractivity contribution in [3.63, 3.8) is 0 Å². The molecule has 1 saturated heterocycles. The molecule has 1 atom stereocenters. The number of aromatic nitrogens is 1. The molecule has 0 bridgehead atoms. The summed E-state index contributed by atoms with van der Waals surface area (Å²) < 4.78 is 15.2. The van der Waals surface area contributed by atoms with Crippen LogP contribution in [-0.2, 0) is 11.3 Å². The van der Waals surface area contributed by atoms with Crippen LogP contribution in [0.15, 0.2) is 40.2 Å². The number of ether oxygens (including phenoxy) is 2. The highest BCUT2D eigenvalue weighted by atomic mass is 79.9. The van der Waals surface area contributed by atoms with Gasteiger partial charge in [-0.2, -0.15) is 0 Å². The average molecular weight is 449 g/mol. The Morgan fingerprint density at radius 2 is 2.30 bits per heavy atom. The molecule has 27 heavy (non-hydrogen) atoms. The van der Waals surface area contributed by atoms with Crippen LogP contribution < -0.4 is 10.1 Å². The minimum Gasteiger partial charge on any atom is -0.496 e. The second-order valence-electron chi connectivity index (χ2n) is 6.57. The number of halogens is 1. The van der Waals surface area contributed by atoms with Gasteiger partial charge in [-0.3, -0.25) is 4.79 Å². The van der Waals surface area contributed by atoms with Gasteiger partial charge in [0.25, 0.3) is 5.91 Å². The van der Waals surface area contributed by atoms with Crippen molar-refractivity contribution in [2.45, 2.75) is 25.5 Å². The summed E-state index contributed by atoms with van der Waals surface area (Å²) in [6.07, 6.45) is 2.19. The molecule has 0 aliphatic carbocycles. The molecule has 1 aromatic carbocycles. The van der Waals surface area contributed by atoms with Crippen LogP contribution in [0.3, 0.4) is 0 Å². The molecule has 0 saturated carbocycles. The molecule has 1 amide bonds. The molecule has 0 radical (unpaired) electrons. The van der Waals surface area contributed by atoms with Gasteiger partial charge in [0.05, 0.1) is 34.4 Å². The van der Waals surface area contributed by atoms with Crippen LogP contribution in [0.25, 0.3) is 10.2 Å². The van der Waals surface area contributed by atoms with Crippen molar-refractivity contribution < 1.29 is 14.3 Å². The maximum atomic E-state index is 12.9. The normalized spacial score (nSPS) is 16.7. The van der Waals surface area contributed by atoms with Gasteiger partial charge >= 0.3 is 0 Å². The van der Waals surface area contributed by atoms with Crippen molar-refractivity contribution in [2.75, 3.05) is 20.3 Å². The Kier molecular flexibility index (Phi) is 5.52. The molecular weight excluding hydrogens is 428 g/mol. The number of carbonyl (C=O) groups is 1. The van der Waals surface area contributed by atoms with Crippen LogP contribution >= 0.6 is 27.3 Å². The Bertz CT molecular complexity index is 959. The standard InChI is InChI=1S/C20H21BrN2O3S/c1-25-17-7-3-2-5-13(17)11-23-16(9-18-19(23)15(21)12-27-18)20(24)22-10-14-6-4-8-26-14/h2-3,5,7,9,12,14H,4,6,8,10-11H2,1H3,(H,22,24)/t14-/m0/s1. The summed E-state index contributed by atoms with van der Waals surface area (Å²) >= 11 is 5.26. The van der Waals surface area contributed by atoms with Crippen molar-refractivity contribution in [2.24, 2.45) is 0 Å². The number of para-hydroxylation sites is 1. The summed E-state index contributed by atoms with van der Waals surface area (Å²) in [6, 6.07) is 9.86. The lowest BCUT2D eigenvalue weighted by Gasteiger charge is -2.15. The fourth-order valence-electron chi connectivity index (χ4n) is 3.49. The maximum absolute atomic E-state index is 12.9. The number of fused-ring (bicyclic) bond motifs is 1. The van der Waals surface area contributed by atoms with Gasteiger partial charge in [-0.05, 0) is 40.9 Å². The van der Waals surface area contributed by atoms with E-state index in [0.29, 0.717) is 18.8 Å². The predicted octanol–water partition coefficient (Wildman–Crippen LogP) is 4.43. The van der Waals surface area contributed by atoms with E-state index in [2.05, 4.69) is 31.2 Å². The smallest absolute Gasteiger partial charge is 0.268 e. The number of nitrogens with one attached hydrogen (secondary N) is 1. The molecule has 1 aliphatic rings. The van der Waals surface area contributed by atoms with Gasteiger partial charge < -0.3 is 19.4 Å². The molecular formula is C20H21BrN2O3S. The Labute approximate surface area is 170 Å². The molecule has 142 valence electrons. The van der Waals surface area contributed by atoms with Gasteiger partial charge in [-0.15, -0.1) is 11.3 Å². The van der Waals surface area contributed by atoms with Crippen molar-refractivity contribution in [1.29, 1.82) is 0 Å². The first-order chi connectivity index (χ1) is 13.2. The van der Waals surface area contributed by atoms with Crippen molar-refractivity contribution in [3.05, 3.63) is 51.4 Å². The molecule has 1 aliphatic heterocycles. The Hall–Kier alpha value is -1.83. The van der Waals surface area contributed by atoms with E-state index in [-0.39, 0.29) is 12.0 Å². The molecule has 0 unspecified atom stereocenters. The van der Waals surface area contributed by atoms with E-state index in [1.165, 1.54) is 0 Å². The summed E-state index contributed by atoms with van der Waals surface area (Å²) in [5.41, 5.74) is 2.72. The van der Waals surface area contributed by atoms with Gasteiger partial charge in [0.15, 0.2) is 0 Å². The number of hydrogen-bond donors (Lipinski definition) is 1. The van der Waals surface area contributed by atoms with Crippen LogP contribution in [0, 0.1) is 0 Å². The molecule has 2 aromatic heterocycles. The first kappa shape index (κ1) is 18.5. The SMILES string of the molecule is COc1ccccc1Cn1c(C(=O)NC[C@@H]2CCCO2)cc2scc(Br)c21. The van der Waals surface area contributed by atoms with Gasteiger partial charge in [0.2, 0.25) is 0 Å². The third-order valence-electron chi connectivity index (χ3n) is 4.85. The number of carbonyl (C=O) groups excluding carboxylic acids is 1. The van der Waals surface area contributed by atoms with E-state index in [9.17, 15) is 4.79 Å². The van der Waals surface area contributed by atoms with Crippen LogP contribution in [-0.4, -0.2) is 36.8 Å². The molecule has 4 rings (SSSR count). The minimum atomic E-state index is -0.0734. The highest BCUT2D eigenvalue weighted by Crippen LogP contribution is 2.34. The second-order valence-corrected chi connectivity index (χ2v) is 8.33. The zero-order valence-corrected chi connectivity index (χ0v) is 17.4. The summed E-state index contributed by atoms with van der Waals surface area (Å²) in [6.45, 7) is 1.90. The lowest BCUT2D eigenvalue weighted by molar-refractivity contribution is 0.0851. The van der Waals surface area contributed by atoms with Gasteiger partial charge in [0, 0.05) is 24.1 Å². The van der Waals surface area contributed by atoms with Gasteiger partial charge in [0.1, 0.15) is 11.4 Å². The Morgan fingerprint density at radius 1 is 1.44 bits per heavy atom. The monoisotopic (exact) mass is 448 g/mol. The Morgan fingerprint density at radius 3 is 3.07 bits per heavy atom. The first-order valence-corrected chi connectivity index (χ1v) is 10.6. The lowest BCUT2D eigenvalue weighted by Crippen LogP contribution is -2.33. The zero-order valence-electron chi connectivity index (χ0n) is 15.0. The fraction of sp³-hybridized carbons (Fsp3) is 0.350. The second kappa shape index (κ2) is 8.04. The summed E-state index contributed by atoms with van der Waals surface area (Å²) in [5, 5.41) is 5.09. The van der Waals surface area contributed by atoms with Crippen LogP contribution in [0.2, 0.25) is 0 Å². The fourth-order valence-corrected chi connectivity index (χ4v) is 5.18. The topological polar surface area (TPSA) is 52.5 Å². The predicted molar refractivity (Wildman–Crippen MR) is 111 cm³/mol. The number of thiophene rings is 1. The van der Waals surface area contributed by atoms with E-state index in [0.717, 1.165) is 45.5 Å². The summed E-state index contributed by atoms with van der Waals surface area (Å²) in [5.74, 6) is 0.743. The largest absolute Gasteiger partial charge is 0.496 e. The third kappa shape index (κ3) is 3.77. The Balaban J connectivity index is 1.66. The molecule has 3 aromatic rings. The average Bonchev–Trinajstić information content (AvgIpc) is 3.40. The molecule has 5 nitrogen and oxygen atoms in total. The van der Waals surface area contributed by atoms with E-state index in [4.69, 9.17) is 9.47 Å². The molecule has 0 spiro atoms. The minimum absolute atomic E-state index is 0.0734. The van der Waals surface area contributed by atoms with Crippen molar-refractivity contribution in [3.8, 4) is 5.75 Å². The highest BCUT2D eigenvalue weighted by molar-refractivity contribution is 9.10. The summed E-state index contributed by atoms with van der Waals surface area (Å²) in [4.78, 5) is 12.9. The number of rotatable bonds is 6. The van der Waals surface area contributed by atoms with Crippen LogP contribution in [0.5, 0.6) is 5.75 Å². The lowest BCUT2D eigenvalue weighted by atomic mass is 10.2. The quantitative estimate of drug-likeness (QED) is 0.606. The van der Waals surface area contributed by atoms with Crippen LogP contribution in [0.4, 0.5) is 0 Å². The van der Waals surface area contributed by atoms with E-state index < -0.39 is 0 Å². The number of methoxy groups -OCH3 is 1. The van der Waals surface area contributed by atoms with Crippen molar-refractivity contribution >= 4 is 43.4 Å². The summed E-state index contributed by atoms with van der Waals surface area (Å²) in [7, 11) is 1.67. The van der Waals surface area contributed by atoms with E-state index in [1.807, 2.05) is 30.3 Å². The molecule has 7 heteroatoms. The maximum Gasteiger partial charge on any atom is 0.268 e. The number of benzene rings is 1. The van der Waals surface area contributed by atoms with Gasteiger partial charge in [-0.1, -0.05) is 18.2 Å². The highest BCUT2D eigenvalue weighted by Gasteiger charge is 2.22. The van der Waals surface area contributed by atoms with E-state index in [1.54, 1.807) is 18.4 Å².